The number of carboxylic acids is 1. The van der Waals surface area contributed by atoms with Gasteiger partial charge in [0.05, 0.1) is 30.1 Å². The molecule has 2 aromatic heterocycles. The average molecular weight is 559 g/mol. The van der Waals surface area contributed by atoms with Crippen molar-refractivity contribution in [3.8, 4) is 17.1 Å². The highest BCUT2D eigenvalue weighted by Crippen LogP contribution is 2.44. The lowest BCUT2D eigenvalue weighted by molar-refractivity contribution is -0.119. The summed E-state index contributed by atoms with van der Waals surface area (Å²) in [6.07, 6.45) is 1.71. The minimum atomic E-state index is -1.02. The fourth-order valence-electron chi connectivity index (χ4n) is 4.66. The molecule has 1 amide bonds. The molecule has 0 bridgehead atoms. The van der Waals surface area contributed by atoms with Crippen LogP contribution in [-0.2, 0) is 9.53 Å². The molecule has 1 fully saturated rings. The Bertz CT molecular complexity index is 1560. The molecule has 2 unspecified atom stereocenters. The van der Waals surface area contributed by atoms with Crippen molar-refractivity contribution in [3.05, 3.63) is 96.0 Å². The van der Waals surface area contributed by atoms with Gasteiger partial charge in [-0.15, -0.1) is 0 Å². The highest BCUT2D eigenvalue weighted by Gasteiger charge is 2.42. The number of thiocarbonyl (C=S) groups is 1. The van der Waals surface area contributed by atoms with Gasteiger partial charge in [-0.3, -0.25) is 9.78 Å². The van der Waals surface area contributed by atoms with Gasteiger partial charge in [0.1, 0.15) is 29.9 Å². The van der Waals surface area contributed by atoms with Crippen LogP contribution in [0.25, 0.3) is 11.3 Å². The molecular weight excluding hydrogens is 532 g/mol. The van der Waals surface area contributed by atoms with Crippen molar-refractivity contribution in [1.82, 2.24) is 10.3 Å². The lowest BCUT2D eigenvalue weighted by Crippen LogP contribution is -2.29. The molecule has 3 N–H and O–H groups in total. The van der Waals surface area contributed by atoms with Crippen LogP contribution < -0.4 is 20.3 Å². The number of nitrogens with zero attached hydrogens (tertiary/aromatic N) is 2. The fraction of sp³-hybridized carbons (Fsp3) is 0.172. The van der Waals surface area contributed by atoms with E-state index in [2.05, 4.69) is 15.6 Å². The van der Waals surface area contributed by atoms with Crippen LogP contribution >= 0.6 is 12.2 Å². The zero-order chi connectivity index (χ0) is 28.2. The van der Waals surface area contributed by atoms with Crippen molar-refractivity contribution in [2.24, 2.45) is 0 Å². The first-order valence-electron chi connectivity index (χ1n) is 12.3. The van der Waals surface area contributed by atoms with Gasteiger partial charge in [0, 0.05) is 24.6 Å². The lowest BCUT2D eigenvalue weighted by Gasteiger charge is -2.27. The zero-order valence-corrected chi connectivity index (χ0v) is 22.5. The minimum Gasteiger partial charge on any atom is -0.495 e. The molecule has 2 atom stereocenters. The maximum atomic E-state index is 12.3. The number of hydrogen-bond donors (Lipinski definition) is 3. The number of anilines is 2. The van der Waals surface area contributed by atoms with Gasteiger partial charge in [0.25, 0.3) is 0 Å². The van der Waals surface area contributed by atoms with Crippen molar-refractivity contribution in [2.45, 2.75) is 12.1 Å². The Morgan fingerprint density at radius 1 is 1.10 bits per heavy atom. The van der Waals surface area contributed by atoms with Crippen molar-refractivity contribution in [3.63, 3.8) is 0 Å². The predicted octanol–water partition coefficient (Wildman–Crippen LogP) is 4.81. The van der Waals surface area contributed by atoms with Gasteiger partial charge in [-0.1, -0.05) is 18.2 Å². The Morgan fingerprint density at radius 3 is 2.67 bits per heavy atom. The van der Waals surface area contributed by atoms with Crippen LogP contribution in [-0.4, -0.2) is 47.9 Å². The van der Waals surface area contributed by atoms with E-state index in [1.807, 2.05) is 35.2 Å². The second-order valence-corrected chi connectivity index (χ2v) is 9.34. The van der Waals surface area contributed by atoms with Crippen LogP contribution in [0.5, 0.6) is 5.75 Å². The van der Waals surface area contributed by atoms with Crippen LogP contribution in [0.15, 0.2) is 83.4 Å². The first-order chi connectivity index (χ1) is 19.4. The highest BCUT2D eigenvalue weighted by molar-refractivity contribution is 7.80. The van der Waals surface area contributed by atoms with E-state index in [0.717, 1.165) is 5.69 Å². The van der Waals surface area contributed by atoms with E-state index in [1.165, 1.54) is 20.3 Å². The standard InChI is InChI=1S/C29H26N4O6S/c1-37-16-25(34)31-21-15-19(9-10-23(21)38-2)33-27(26(32-29(33)40)20-8-3-4-13-30-20)24-12-11-22(39-24)17-6-5-7-18(14-17)28(35)36/h3-15,26-27H,16H2,1-2H3,(H,31,34)(H,32,40)(H,35,36). The molecule has 5 rings (SSSR count). The third-order valence-corrected chi connectivity index (χ3v) is 6.74. The number of rotatable bonds is 9. The number of aromatic carboxylic acids is 1. The van der Waals surface area contributed by atoms with E-state index < -0.39 is 12.0 Å². The Labute approximate surface area is 235 Å². The smallest absolute Gasteiger partial charge is 0.335 e. The van der Waals surface area contributed by atoms with Crippen LogP contribution in [0.3, 0.4) is 0 Å². The van der Waals surface area contributed by atoms with Gasteiger partial charge in [-0.25, -0.2) is 4.79 Å². The first-order valence-corrected chi connectivity index (χ1v) is 12.7. The molecule has 10 nitrogen and oxygen atoms in total. The van der Waals surface area contributed by atoms with E-state index in [0.29, 0.717) is 39.3 Å². The normalized spacial score (nSPS) is 16.4. The van der Waals surface area contributed by atoms with Gasteiger partial charge in [-0.2, -0.15) is 0 Å². The minimum absolute atomic E-state index is 0.111. The van der Waals surface area contributed by atoms with E-state index in [9.17, 15) is 14.7 Å². The van der Waals surface area contributed by atoms with Gasteiger partial charge in [0.15, 0.2) is 5.11 Å². The molecule has 2 aromatic carbocycles. The summed E-state index contributed by atoms with van der Waals surface area (Å²) in [4.78, 5) is 30.3. The maximum absolute atomic E-state index is 12.3. The topological polar surface area (TPSA) is 126 Å². The summed E-state index contributed by atoms with van der Waals surface area (Å²) < 4.78 is 16.7. The number of carbonyl (C=O) groups excluding carboxylic acids is 1. The molecule has 0 aliphatic carbocycles. The molecule has 40 heavy (non-hydrogen) atoms. The second-order valence-electron chi connectivity index (χ2n) is 8.95. The summed E-state index contributed by atoms with van der Waals surface area (Å²) in [7, 11) is 2.96. The van der Waals surface area contributed by atoms with Crippen molar-refractivity contribution in [2.75, 3.05) is 31.0 Å². The SMILES string of the molecule is COCC(=O)Nc1cc(N2C(=S)NC(c3ccccn3)C2c2ccc(-c3cccc(C(=O)O)c3)o2)ccc1OC. The molecule has 1 aliphatic rings. The first kappa shape index (κ1) is 26.9. The number of carboxylic acid groups (broad SMARTS) is 1. The summed E-state index contributed by atoms with van der Waals surface area (Å²) in [5.74, 6) is 0.218. The van der Waals surface area contributed by atoms with Crippen LogP contribution in [0, 0.1) is 0 Å². The van der Waals surface area contributed by atoms with Gasteiger partial charge in [-0.05, 0) is 66.8 Å². The number of furan rings is 1. The Balaban J connectivity index is 1.58. The molecule has 0 spiro atoms. The molecule has 11 heteroatoms. The zero-order valence-electron chi connectivity index (χ0n) is 21.7. The van der Waals surface area contributed by atoms with E-state index in [-0.39, 0.29) is 24.1 Å². The van der Waals surface area contributed by atoms with Crippen LogP contribution in [0.1, 0.15) is 33.9 Å². The predicted molar refractivity (Wildman–Crippen MR) is 153 cm³/mol. The van der Waals surface area contributed by atoms with Crippen LogP contribution in [0.2, 0.25) is 0 Å². The number of nitrogens with one attached hydrogen (secondary N) is 2. The highest BCUT2D eigenvalue weighted by atomic mass is 32.1. The summed E-state index contributed by atoms with van der Waals surface area (Å²) in [5.41, 5.74) is 2.68. The number of hydrogen-bond acceptors (Lipinski definition) is 7. The molecule has 0 radical (unpaired) electrons. The largest absolute Gasteiger partial charge is 0.495 e. The number of pyridine rings is 1. The number of methoxy groups -OCH3 is 2. The number of carbonyl (C=O) groups is 2. The van der Waals surface area contributed by atoms with Gasteiger partial charge in [0.2, 0.25) is 5.91 Å². The van der Waals surface area contributed by atoms with Gasteiger partial charge >= 0.3 is 5.97 Å². The van der Waals surface area contributed by atoms with Crippen molar-refractivity contribution >= 4 is 40.6 Å². The number of aromatic nitrogens is 1. The van der Waals surface area contributed by atoms with Gasteiger partial charge < -0.3 is 34.5 Å². The monoisotopic (exact) mass is 558 g/mol. The quantitative estimate of drug-likeness (QED) is 0.246. The Hall–Kier alpha value is -4.74. The molecule has 4 aromatic rings. The van der Waals surface area contributed by atoms with Crippen molar-refractivity contribution in [1.29, 1.82) is 0 Å². The second kappa shape index (κ2) is 11.6. The van der Waals surface area contributed by atoms with Crippen molar-refractivity contribution < 1.29 is 28.6 Å². The van der Waals surface area contributed by atoms with Crippen LogP contribution in [0.4, 0.5) is 11.4 Å². The number of amides is 1. The maximum Gasteiger partial charge on any atom is 0.335 e. The Morgan fingerprint density at radius 2 is 1.95 bits per heavy atom. The number of ether oxygens (including phenoxy) is 2. The summed E-state index contributed by atoms with van der Waals surface area (Å²) >= 11 is 5.80. The Kier molecular flexibility index (Phi) is 7.76. The fourth-order valence-corrected chi connectivity index (χ4v) is 5.00. The molecule has 1 saturated heterocycles. The lowest BCUT2D eigenvalue weighted by atomic mass is 10.0. The molecule has 0 saturated carbocycles. The number of benzene rings is 2. The third-order valence-electron chi connectivity index (χ3n) is 6.42. The van der Waals surface area contributed by atoms with E-state index in [1.54, 1.807) is 42.6 Å². The van der Waals surface area contributed by atoms with E-state index in [4.69, 9.17) is 26.1 Å². The molecule has 3 heterocycles. The third kappa shape index (κ3) is 5.37. The molecule has 1 aliphatic heterocycles. The summed E-state index contributed by atoms with van der Waals surface area (Å²) in [6, 6.07) is 20.4. The summed E-state index contributed by atoms with van der Waals surface area (Å²) in [5, 5.41) is 16.0. The van der Waals surface area contributed by atoms with E-state index >= 15 is 0 Å². The average Bonchev–Trinajstić information content (AvgIpc) is 3.58. The molecule has 204 valence electrons. The summed E-state index contributed by atoms with van der Waals surface area (Å²) in [6.45, 7) is -0.111. The molecular formula is C29H26N4O6S.